The first kappa shape index (κ1) is 40.2. The highest BCUT2D eigenvalue weighted by atomic mass is 16.2. The number of Topliss-reactive ketones (excluding diaryl/α,β-unsaturated/α-hetero) is 1. The van der Waals surface area contributed by atoms with Gasteiger partial charge in [-0.05, 0) is 40.7 Å². The molecule has 2 aliphatic heterocycles. The van der Waals surface area contributed by atoms with Gasteiger partial charge >= 0.3 is 6.03 Å². The lowest BCUT2D eigenvalue weighted by molar-refractivity contribution is -0.143. The lowest BCUT2D eigenvalue weighted by Crippen LogP contribution is -2.62. The van der Waals surface area contributed by atoms with Crippen LogP contribution in [0.4, 0.5) is 4.79 Å². The summed E-state index contributed by atoms with van der Waals surface area (Å²) in [6.45, 7) is 20.1. The van der Waals surface area contributed by atoms with Gasteiger partial charge in [0.2, 0.25) is 23.5 Å². The van der Waals surface area contributed by atoms with E-state index in [4.69, 9.17) is 0 Å². The topological polar surface area (TPSA) is 157 Å². The molecule has 0 bridgehead atoms. The average Bonchev–Trinajstić information content (AvgIpc) is 3.44. The third-order valence-electron chi connectivity index (χ3n) is 9.52. The van der Waals surface area contributed by atoms with Gasteiger partial charge in [0.15, 0.2) is 0 Å². The highest BCUT2D eigenvalue weighted by Gasteiger charge is 2.45. The molecule has 1 aromatic rings. The summed E-state index contributed by atoms with van der Waals surface area (Å²) in [4.78, 5) is 83.4. The minimum Gasteiger partial charge on any atom is -0.346 e. The fourth-order valence-corrected chi connectivity index (χ4v) is 6.41. The molecule has 1 saturated heterocycles. The maximum Gasteiger partial charge on any atom is 0.315 e. The zero-order chi connectivity index (χ0) is 37.4. The Morgan fingerprint density at radius 1 is 0.980 bits per heavy atom. The first-order chi connectivity index (χ1) is 23.4. The van der Waals surface area contributed by atoms with Crippen LogP contribution in [0.5, 0.6) is 0 Å². The Labute approximate surface area is 297 Å². The number of ketones is 1. The number of hydrogen-bond acceptors (Lipinski definition) is 6. The Balaban J connectivity index is 1.76. The molecule has 4 N–H and O–H groups in total. The fraction of sp³-hybridized carbons (Fsp3) is 0.632. The highest BCUT2D eigenvalue weighted by molar-refractivity contribution is 6.38. The zero-order valence-electron chi connectivity index (χ0n) is 31.2. The second-order valence-corrected chi connectivity index (χ2v) is 16.0. The van der Waals surface area contributed by atoms with Crippen molar-refractivity contribution in [3.8, 4) is 0 Å². The van der Waals surface area contributed by atoms with E-state index < -0.39 is 64.5 Å². The van der Waals surface area contributed by atoms with Gasteiger partial charge in [-0.3, -0.25) is 24.0 Å². The second-order valence-electron chi connectivity index (χ2n) is 16.0. The van der Waals surface area contributed by atoms with Gasteiger partial charge in [-0.1, -0.05) is 98.6 Å². The lowest BCUT2D eigenvalue weighted by Gasteiger charge is -2.39. The van der Waals surface area contributed by atoms with Crippen molar-refractivity contribution in [1.82, 2.24) is 31.1 Å². The standard InChI is InChI=1S/C38H58N6O6/c1-10-12-17-27(31(46)34(48)39-18-11-2)40-33(47)28-19-24(3)21-44(28)35(49)32(38(7,8)9)42-36(50)41-29(37(4,5)6)23-43-22-26-16-14-13-15-25(26)20-30(43)45/h11,13-16,24,27-29,32H,2,10,12,17-23H2,1,3-9H3,(H,39,48)(H,40,47)(H2,41,42,50)/t24?,27?,28-,29+,32+/m0/s1. The van der Waals surface area contributed by atoms with Crippen molar-refractivity contribution < 1.29 is 28.8 Å². The maximum absolute atomic E-state index is 14.3. The number of carbonyl (C=O) groups excluding carboxylic acids is 6. The average molecular weight is 695 g/mol. The van der Waals surface area contributed by atoms with Crippen LogP contribution in [0.3, 0.4) is 0 Å². The van der Waals surface area contributed by atoms with Crippen LogP contribution in [0.25, 0.3) is 0 Å². The van der Waals surface area contributed by atoms with Crippen LogP contribution in [-0.4, -0.2) is 89.0 Å². The van der Waals surface area contributed by atoms with Crippen LogP contribution < -0.4 is 21.3 Å². The summed E-state index contributed by atoms with van der Waals surface area (Å²) in [6.07, 6.45) is 3.81. The highest BCUT2D eigenvalue weighted by Crippen LogP contribution is 2.29. The molecule has 1 aromatic carbocycles. The molecule has 2 aliphatic rings. The van der Waals surface area contributed by atoms with Gasteiger partial charge < -0.3 is 31.1 Å². The summed E-state index contributed by atoms with van der Waals surface area (Å²) >= 11 is 0. The Morgan fingerprint density at radius 2 is 1.64 bits per heavy atom. The number of benzene rings is 1. The van der Waals surface area contributed by atoms with Crippen LogP contribution >= 0.6 is 0 Å². The molecule has 12 heteroatoms. The number of likely N-dealkylation sites (tertiary alicyclic amines) is 1. The Bertz CT molecular complexity index is 1430. The van der Waals surface area contributed by atoms with Gasteiger partial charge in [0.05, 0.1) is 18.5 Å². The van der Waals surface area contributed by atoms with Crippen molar-refractivity contribution in [2.75, 3.05) is 19.6 Å². The molecule has 5 atom stereocenters. The van der Waals surface area contributed by atoms with E-state index in [0.29, 0.717) is 38.9 Å². The Kier molecular flexibility index (Phi) is 13.8. The van der Waals surface area contributed by atoms with Gasteiger partial charge in [0, 0.05) is 26.2 Å². The molecule has 276 valence electrons. The normalized spacial score (nSPS) is 19.5. The molecule has 2 unspecified atom stereocenters. The molecule has 50 heavy (non-hydrogen) atoms. The van der Waals surface area contributed by atoms with Crippen molar-refractivity contribution in [3.63, 3.8) is 0 Å². The van der Waals surface area contributed by atoms with Crippen LogP contribution in [-0.2, 0) is 36.9 Å². The number of urea groups is 1. The van der Waals surface area contributed by atoms with Crippen LogP contribution in [0.2, 0.25) is 0 Å². The van der Waals surface area contributed by atoms with E-state index in [0.717, 1.165) is 17.5 Å². The molecule has 12 nitrogen and oxygen atoms in total. The number of fused-ring (bicyclic) bond motifs is 1. The smallest absolute Gasteiger partial charge is 0.315 e. The van der Waals surface area contributed by atoms with E-state index in [1.54, 1.807) is 4.90 Å². The van der Waals surface area contributed by atoms with Crippen molar-refractivity contribution in [2.24, 2.45) is 16.7 Å². The van der Waals surface area contributed by atoms with E-state index in [1.165, 1.54) is 11.0 Å². The lowest BCUT2D eigenvalue weighted by atomic mass is 9.85. The molecule has 2 heterocycles. The molecule has 0 saturated carbocycles. The van der Waals surface area contributed by atoms with Gasteiger partial charge in [0.1, 0.15) is 12.1 Å². The monoisotopic (exact) mass is 694 g/mol. The second kappa shape index (κ2) is 17.1. The molecule has 1 fully saturated rings. The van der Waals surface area contributed by atoms with Gasteiger partial charge in [-0.2, -0.15) is 0 Å². The first-order valence-electron chi connectivity index (χ1n) is 17.8. The summed E-state index contributed by atoms with van der Waals surface area (Å²) in [5, 5.41) is 11.2. The third kappa shape index (κ3) is 10.6. The fourth-order valence-electron chi connectivity index (χ4n) is 6.41. The molecular formula is C38H58N6O6. The number of amides is 6. The number of hydrogen-bond donors (Lipinski definition) is 4. The molecule has 6 amide bonds. The van der Waals surface area contributed by atoms with E-state index in [-0.39, 0.29) is 24.8 Å². The third-order valence-corrected chi connectivity index (χ3v) is 9.52. The summed E-state index contributed by atoms with van der Waals surface area (Å²) in [5.74, 6) is -2.48. The molecule has 0 aliphatic carbocycles. The predicted octanol–water partition coefficient (Wildman–Crippen LogP) is 3.48. The van der Waals surface area contributed by atoms with Gasteiger partial charge in [-0.15, -0.1) is 6.58 Å². The van der Waals surface area contributed by atoms with Gasteiger partial charge in [-0.25, -0.2) is 4.79 Å². The minimum absolute atomic E-state index is 0.00796. The summed E-state index contributed by atoms with van der Waals surface area (Å²) in [7, 11) is 0. The Morgan fingerprint density at radius 3 is 2.24 bits per heavy atom. The molecule has 0 radical (unpaired) electrons. The van der Waals surface area contributed by atoms with Crippen LogP contribution in [0, 0.1) is 16.7 Å². The summed E-state index contributed by atoms with van der Waals surface area (Å²) in [6, 6.07) is 3.97. The number of carbonyl (C=O) groups is 6. The number of unbranched alkanes of at least 4 members (excludes halogenated alkanes) is 1. The largest absolute Gasteiger partial charge is 0.346 e. The van der Waals surface area contributed by atoms with Crippen molar-refractivity contribution in [2.45, 2.75) is 118 Å². The SMILES string of the molecule is C=CCNC(=O)C(=O)C(CCCC)NC(=O)[C@@H]1CC(C)CN1C(=O)[C@@H](NC(=O)N[C@H](CN1Cc2ccccc2CC1=O)C(C)(C)C)C(C)(C)C. The molecular weight excluding hydrogens is 636 g/mol. The van der Waals surface area contributed by atoms with E-state index in [9.17, 15) is 28.8 Å². The quantitative estimate of drug-likeness (QED) is 0.173. The summed E-state index contributed by atoms with van der Waals surface area (Å²) in [5.41, 5.74) is 0.947. The summed E-state index contributed by atoms with van der Waals surface area (Å²) < 4.78 is 0. The van der Waals surface area contributed by atoms with E-state index in [2.05, 4.69) is 27.8 Å². The predicted molar refractivity (Wildman–Crippen MR) is 193 cm³/mol. The number of nitrogens with zero attached hydrogens (tertiary/aromatic N) is 2. The minimum atomic E-state index is -1.03. The number of nitrogens with one attached hydrogen (secondary N) is 4. The molecule has 0 aromatic heterocycles. The van der Waals surface area contributed by atoms with E-state index >= 15 is 0 Å². The van der Waals surface area contributed by atoms with E-state index in [1.807, 2.05) is 79.7 Å². The number of rotatable bonds is 14. The maximum atomic E-state index is 14.3. The molecule has 3 rings (SSSR count). The first-order valence-corrected chi connectivity index (χ1v) is 17.8. The van der Waals surface area contributed by atoms with Crippen molar-refractivity contribution in [3.05, 3.63) is 48.0 Å². The zero-order valence-corrected chi connectivity index (χ0v) is 31.2. The van der Waals surface area contributed by atoms with Crippen LogP contribution in [0.15, 0.2) is 36.9 Å². The van der Waals surface area contributed by atoms with Crippen molar-refractivity contribution >= 4 is 35.4 Å². The molecule has 0 spiro atoms. The Hall–Kier alpha value is -4.22. The van der Waals surface area contributed by atoms with Crippen molar-refractivity contribution in [1.29, 1.82) is 0 Å². The van der Waals surface area contributed by atoms with Crippen LogP contribution in [0.1, 0.15) is 92.2 Å². The van der Waals surface area contributed by atoms with Gasteiger partial charge in [0.25, 0.3) is 5.91 Å².